The number of carbonyl (C=O) groups is 1. The lowest BCUT2D eigenvalue weighted by atomic mass is 10.2. The first-order valence-corrected chi connectivity index (χ1v) is 9.34. The molecule has 0 amide bonds. The highest BCUT2D eigenvalue weighted by atomic mass is 32.2. The van der Waals surface area contributed by atoms with E-state index in [9.17, 15) is 13.2 Å². The normalized spacial score (nSPS) is 14.6. The zero-order valence-corrected chi connectivity index (χ0v) is 15.7. The third-order valence-corrected chi connectivity index (χ3v) is 5.07. The first-order valence-electron chi connectivity index (χ1n) is 7.90. The Morgan fingerprint density at radius 1 is 1.19 bits per heavy atom. The third-order valence-electron chi connectivity index (χ3n) is 3.74. The minimum absolute atomic E-state index is 0.156. The number of ether oxygens (including phenoxy) is 2. The van der Waals surface area contributed by atoms with Crippen LogP contribution in [0.5, 0.6) is 11.5 Å². The van der Waals surface area contributed by atoms with Gasteiger partial charge >= 0.3 is 5.97 Å². The maximum absolute atomic E-state index is 12.1. The molecule has 140 valence electrons. The molecule has 0 atom stereocenters. The molecular formula is C18H17N3O5S. The molecule has 3 rings (SSSR count). The molecule has 1 aliphatic rings. The maximum Gasteiger partial charge on any atom is 0.308 e. The fraction of sp³-hybridized carbons (Fsp3) is 0.167. The molecule has 0 unspecified atom stereocenters. The Balaban J connectivity index is 1.88. The zero-order chi connectivity index (χ0) is 19.6. The predicted octanol–water partition coefficient (Wildman–Crippen LogP) is 2.04. The zero-order valence-electron chi connectivity index (χ0n) is 14.9. The number of hydrogen-bond donors (Lipinski definition) is 0. The number of fused-ring (bicyclic) bond motifs is 1. The van der Waals surface area contributed by atoms with Crippen LogP contribution in [0.1, 0.15) is 18.1 Å². The van der Waals surface area contributed by atoms with E-state index in [1.807, 2.05) is 0 Å². The lowest BCUT2D eigenvalue weighted by Crippen LogP contribution is -2.21. The number of carbonyl (C=O) groups excluding carboxylic acids is 1. The molecule has 2 aromatic carbocycles. The number of esters is 1. The van der Waals surface area contributed by atoms with Crippen LogP contribution in [0.4, 0.5) is 0 Å². The van der Waals surface area contributed by atoms with E-state index in [4.69, 9.17) is 9.47 Å². The molecule has 2 aromatic rings. The van der Waals surface area contributed by atoms with Crippen LogP contribution >= 0.6 is 0 Å². The molecule has 0 bridgehead atoms. The lowest BCUT2D eigenvalue weighted by Gasteiger charge is -2.12. The molecule has 0 aliphatic carbocycles. The van der Waals surface area contributed by atoms with Crippen LogP contribution in [0.15, 0.2) is 56.9 Å². The van der Waals surface area contributed by atoms with Crippen molar-refractivity contribution in [2.75, 3.05) is 14.2 Å². The Morgan fingerprint density at radius 2 is 1.93 bits per heavy atom. The van der Waals surface area contributed by atoms with Crippen molar-refractivity contribution in [3.05, 3.63) is 53.6 Å². The summed E-state index contributed by atoms with van der Waals surface area (Å²) in [6.45, 7) is 1.30. The minimum atomic E-state index is -3.71. The number of hydrazone groups is 1. The summed E-state index contributed by atoms with van der Waals surface area (Å²) >= 11 is 0. The quantitative estimate of drug-likeness (QED) is 0.345. The Bertz CT molecular complexity index is 1060. The number of methoxy groups -OCH3 is 1. The number of sulfonamides is 1. The minimum Gasteiger partial charge on any atom is -0.493 e. The van der Waals surface area contributed by atoms with Gasteiger partial charge in [-0.05, 0) is 35.9 Å². The first-order chi connectivity index (χ1) is 12.8. The van der Waals surface area contributed by atoms with E-state index in [0.29, 0.717) is 16.9 Å². The molecule has 1 heterocycles. The standard InChI is InChI=1S/C18H17N3O5S/c1-12(22)26-16-10-13(8-9-15(16)25-3)11-19-21(2)18-14-6-4-5-7-17(14)27(23,24)20-18/h4-11H,1-3H3/b19-11+. The van der Waals surface area contributed by atoms with Gasteiger partial charge in [0.2, 0.25) is 0 Å². The molecule has 0 saturated carbocycles. The Hall–Kier alpha value is -3.20. The summed E-state index contributed by atoms with van der Waals surface area (Å²) in [7, 11) is -0.641. The molecule has 0 aromatic heterocycles. The number of benzene rings is 2. The molecule has 9 heteroatoms. The summed E-state index contributed by atoms with van der Waals surface area (Å²) in [6, 6.07) is 11.5. The number of nitrogens with zero attached hydrogens (tertiary/aromatic N) is 3. The van der Waals surface area contributed by atoms with Gasteiger partial charge in [0, 0.05) is 19.5 Å². The van der Waals surface area contributed by atoms with Gasteiger partial charge in [-0.2, -0.15) is 13.5 Å². The number of amidine groups is 1. The van der Waals surface area contributed by atoms with Crippen LogP contribution < -0.4 is 9.47 Å². The second-order valence-corrected chi connectivity index (χ2v) is 7.23. The van der Waals surface area contributed by atoms with Gasteiger partial charge in [0.15, 0.2) is 17.3 Å². The first kappa shape index (κ1) is 18.6. The SMILES string of the molecule is COc1ccc(/C=N/N(C)C2=NS(=O)(=O)c3ccccc32)cc1OC(C)=O. The monoisotopic (exact) mass is 387 g/mol. The van der Waals surface area contributed by atoms with Crippen molar-refractivity contribution >= 4 is 28.0 Å². The highest BCUT2D eigenvalue weighted by molar-refractivity contribution is 7.90. The van der Waals surface area contributed by atoms with Crippen molar-refractivity contribution in [1.82, 2.24) is 5.01 Å². The highest BCUT2D eigenvalue weighted by Crippen LogP contribution is 2.28. The molecule has 0 fully saturated rings. The van der Waals surface area contributed by atoms with Gasteiger partial charge in [-0.3, -0.25) is 4.79 Å². The van der Waals surface area contributed by atoms with Crippen LogP contribution in [0.25, 0.3) is 0 Å². The smallest absolute Gasteiger partial charge is 0.308 e. The molecule has 27 heavy (non-hydrogen) atoms. The van der Waals surface area contributed by atoms with Gasteiger partial charge in [-0.25, -0.2) is 5.01 Å². The van der Waals surface area contributed by atoms with Crippen molar-refractivity contribution in [2.45, 2.75) is 11.8 Å². The molecule has 8 nitrogen and oxygen atoms in total. The van der Waals surface area contributed by atoms with Crippen LogP contribution in [0.2, 0.25) is 0 Å². The van der Waals surface area contributed by atoms with Gasteiger partial charge in [-0.15, -0.1) is 4.40 Å². The third kappa shape index (κ3) is 3.82. The summed E-state index contributed by atoms with van der Waals surface area (Å²) in [4.78, 5) is 11.4. The highest BCUT2D eigenvalue weighted by Gasteiger charge is 2.30. The van der Waals surface area contributed by atoms with Gasteiger partial charge in [-0.1, -0.05) is 12.1 Å². The van der Waals surface area contributed by atoms with Gasteiger partial charge < -0.3 is 9.47 Å². The van der Waals surface area contributed by atoms with E-state index in [-0.39, 0.29) is 16.5 Å². The van der Waals surface area contributed by atoms with Gasteiger partial charge in [0.1, 0.15) is 4.90 Å². The van der Waals surface area contributed by atoms with Crippen molar-refractivity contribution in [3.8, 4) is 11.5 Å². The molecule has 0 radical (unpaired) electrons. The van der Waals surface area contributed by atoms with E-state index in [1.54, 1.807) is 43.4 Å². The summed E-state index contributed by atoms with van der Waals surface area (Å²) in [6.07, 6.45) is 1.50. The Kier molecular flexibility index (Phi) is 4.95. The second-order valence-electron chi connectivity index (χ2n) is 5.66. The van der Waals surface area contributed by atoms with Crippen LogP contribution in [-0.2, 0) is 14.8 Å². The van der Waals surface area contributed by atoms with E-state index >= 15 is 0 Å². The summed E-state index contributed by atoms with van der Waals surface area (Å²) in [5.41, 5.74) is 1.13. The van der Waals surface area contributed by atoms with E-state index in [0.717, 1.165) is 0 Å². The van der Waals surface area contributed by atoms with Crippen LogP contribution in [0, 0.1) is 0 Å². The molecule has 1 aliphatic heterocycles. The summed E-state index contributed by atoms with van der Waals surface area (Å²) < 4.78 is 38.3. The summed E-state index contributed by atoms with van der Waals surface area (Å²) in [5.74, 6) is 0.441. The molecular weight excluding hydrogens is 370 g/mol. The largest absolute Gasteiger partial charge is 0.493 e. The average molecular weight is 387 g/mol. The number of hydrogen-bond acceptors (Lipinski definition) is 7. The van der Waals surface area contributed by atoms with Gasteiger partial charge in [0.05, 0.1) is 13.3 Å². The lowest BCUT2D eigenvalue weighted by molar-refractivity contribution is -0.132. The number of rotatable bonds is 4. The van der Waals surface area contributed by atoms with E-state index < -0.39 is 16.0 Å². The Labute approximate surface area is 156 Å². The van der Waals surface area contributed by atoms with Crippen molar-refractivity contribution in [2.24, 2.45) is 9.50 Å². The maximum atomic E-state index is 12.1. The summed E-state index contributed by atoms with van der Waals surface area (Å²) in [5, 5.41) is 5.62. The van der Waals surface area contributed by atoms with E-state index in [2.05, 4.69) is 9.50 Å². The van der Waals surface area contributed by atoms with Crippen LogP contribution in [-0.4, -0.2) is 45.6 Å². The predicted molar refractivity (Wildman–Crippen MR) is 99.8 cm³/mol. The molecule has 0 saturated heterocycles. The Morgan fingerprint density at radius 3 is 2.63 bits per heavy atom. The van der Waals surface area contributed by atoms with E-state index in [1.165, 1.54) is 31.3 Å². The average Bonchev–Trinajstić information content (AvgIpc) is 2.91. The molecule has 0 spiro atoms. The second kappa shape index (κ2) is 7.20. The van der Waals surface area contributed by atoms with Crippen molar-refractivity contribution < 1.29 is 22.7 Å². The van der Waals surface area contributed by atoms with Crippen molar-refractivity contribution in [1.29, 1.82) is 0 Å². The fourth-order valence-electron chi connectivity index (χ4n) is 2.54. The van der Waals surface area contributed by atoms with Crippen LogP contribution in [0.3, 0.4) is 0 Å². The molecule has 0 N–H and O–H groups in total. The van der Waals surface area contributed by atoms with Crippen molar-refractivity contribution in [3.63, 3.8) is 0 Å². The fourth-order valence-corrected chi connectivity index (χ4v) is 3.77. The topological polar surface area (TPSA) is 97.6 Å². The van der Waals surface area contributed by atoms with Gasteiger partial charge in [0.25, 0.3) is 10.0 Å².